The summed E-state index contributed by atoms with van der Waals surface area (Å²) in [6.45, 7) is 3.51. The standard InChI is InChI=1S/C19H17F3N4O2/c1-11(2)26(18(28)12-7-8-15(23-9-12)19(20,21)22)10-16-24-14-6-4-3-5-13(14)17(27)25-16/h3-9,11H,10H2,1-2H3,(H,24,25,27). The molecule has 3 rings (SSSR count). The van der Waals surface area contributed by atoms with Gasteiger partial charge in [0.05, 0.1) is 23.0 Å². The minimum absolute atomic E-state index is 0.00238. The molecule has 6 nitrogen and oxygen atoms in total. The van der Waals surface area contributed by atoms with Crippen molar-refractivity contribution in [1.82, 2.24) is 19.9 Å². The number of fused-ring (bicyclic) bond motifs is 1. The number of halogens is 3. The number of nitrogens with one attached hydrogen (secondary N) is 1. The largest absolute Gasteiger partial charge is 0.433 e. The van der Waals surface area contributed by atoms with Crippen LogP contribution in [0, 0.1) is 0 Å². The lowest BCUT2D eigenvalue weighted by Gasteiger charge is -2.26. The second-order valence-electron chi connectivity index (χ2n) is 6.49. The highest BCUT2D eigenvalue weighted by molar-refractivity contribution is 5.94. The average molecular weight is 390 g/mol. The summed E-state index contributed by atoms with van der Waals surface area (Å²) in [5.41, 5.74) is -0.882. The number of benzene rings is 1. The Morgan fingerprint density at radius 2 is 1.89 bits per heavy atom. The van der Waals surface area contributed by atoms with E-state index in [-0.39, 0.29) is 29.5 Å². The van der Waals surface area contributed by atoms with E-state index in [1.807, 2.05) is 0 Å². The molecule has 1 amide bonds. The van der Waals surface area contributed by atoms with Gasteiger partial charge in [-0.1, -0.05) is 12.1 Å². The van der Waals surface area contributed by atoms with E-state index in [0.717, 1.165) is 18.3 Å². The normalized spacial score (nSPS) is 11.8. The minimum atomic E-state index is -4.58. The lowest BCUT2D eigenvalue weighted by Crippen LogP contribution is -2.37. The molecule has 0 aliphatic carbocycles. The SMILES string of the molecule is CC(C)N(Cc1nc2ccccc2c(=O)[nH]1)C(=O)c1ccc(C(F)(F)F)nc1. The van der Waals surface area contributed by atoms with Gasteiger partial charge in [-0.15, -0.1) is 0 Å². The highest BCUT2D eigenvalue weighted by Crippen LogP contribution is 2.27. The molecule has 0 bridgehead atoms. The number of carbonyl (C=O) groups is 1. The molecule has 0 saturated carbocycles. The number of rotatable bonds is 4. The van der Waals surface area contributed by atoms with E-state index in [1.54, 1.807) is 38.1 Å². The second kappa shape index (κ2) is 7.41. The number of carbonyl (C=O) groups excluding carboxylic acids is 1. The molecule has 2 heterocycles. The van der Waals surface area contributed by atoms with E-state index >= 15 is 0 Å². The Bertz CT molecular complexity index is 1060. The number of hydrogen-bond donors (Lipinski definition) is 1. The zero-order chi connectivity index (χ0) is 20.5. The molecular formula is C19H17F3N4O2. The highest BCUT2D eigenvalue weighted by atomic mass is 19.4. The van der Waals surface area contributed by atoms with Crippen LogP contribution < -0.4 is 5.56 Å². The maximum Gasteiger partial charge on any atom is 0.433 e. The fourth-order valence-electron chi connectivity index (χ4n) is 2.71. The van der Waals surface area contributed by atoms with Gasteiger partial charge in [0, 0.05) is 12.2 Å². The Balaban J connectivity index is 1.90. The zero-order valence-electron chi connectivity index (χ0n) is 15.1. The number of para-hydroxylation sites is 1. The van der Waals surface area contributed by atoms with E-state index in [9.17, 15) is 22.8 Å². The summed E-state index contributed by atoms with van der Waals surface area (Å²) >= 11 is 0. The van der Waals surface area contributed by atoms with Crippen LogP contribution >= 0.6 is 0 Å². The number of alkyl halides is 3. The van der Waals surface area contributed by atoms with Gasteiger partial charge in [0.25, 0.3) is 11.5 Å². The molecule has 146 valence electrons. The van der Waals surface area contributed by atoms with Crippen molar-refractivity contribution in [3.8, 4) is 0 Å². The first-order valence-electron chi connectivity index (χ1n) is 8.49. The Kier molecular flexibility index (Phi) is 5.17. The van der Waals surface area contributed by atoms with Gasteiger partial charge in [0.2, 0.25) is 0 Å². The molecule has 0 aliphatic heterocycles. The first-order chi connectivity index (χ1) is 13.2. The topological polar surface area (TPSA) is 79.0 Å². The Morgan fingerprint density at radius 1 is 1.18 bits per heavy atom. The average Bonchev–Trinajstić information content (AvgIpc) is 2.65. The summed E-state index contributed by atoms with van der Waals surface area (Å²) in [4.78, 5) is 36.7. The first kappa shape index (κ1) is 19.5. The number of H-pyrrole nitrogens is 1. The monoisotopic (exact) mass is 390 g/mol. The van der Waals surface area contributed by atoms with Crippen molar-refractivity contribution < 1.29 is 18.0 Å². The van der Waals surface area contributed by atoms with Crippen LogP contribution in [0.4, 0.5) is 13.2 Å². The molecule has 0 radical (unpaired) electrons. The summed E-state index contributed by atoms with van der Waals surface area (Å²) < 4.78 is 38.0. The van der Waals surface area contributed by atoms with Gasteiger partial charge >= 0.3 is 6.18 Å². The van der Waals surface area contributed by atoms with Gasteiger partial charge in [0.1, 0.15) is 11.5 Å². The summed E-state index contributed by atoms with van der Waals surface area (Å²) in [7, 11) is 0. The van der Waals surface area contributed by atoms with E-state index in [1.165, 1.54) is 4.90 Å². The molecule has 0 saturated heterocycles. The molecule has 1 N–H and O–H groups in total. The van der Waals surface area contributed by atoms with Crippen molar-refractivity contribution in [2.24, 2.45) is 0 Å². The van der Waals surface area contributed by atoms with E-state index in [4.69, 9.17) is 0 Å². The molecule has 0 unspecified atom stereocenters. The van der Waals surface area contributed by atoms with Crippen LogP contribution in [0.1, 0.15) is 35.7 Å². The molecule has 0 aliphatic rings. The molecule has 28 heavy (non-hydrogen) atoms. The van der Waals surface area contributed by atoms with Gasteiger partial charge in [-0.2, -0.15) is 13.2 Å². The maximum absolute atomic E-state index is 12.8. The van der Waals surface area contributed by atoms with Crippen LogP contribution in [0.3, 0.4) is 0 Å². The first-order valence-corrected chi connectivity index (χ1v) is 8.49. The zero-order valence-corrected chi connectivity index (χ0v) is 15.1. The minimum Gasteiger partial charge on any atom is -0.329 e. The summed E-state index contributed by atoms with van der Waals surface area (Å²) in [5.74, 6) is -0.224. The summed E-state index contributed by atoms with van der Waals surface area (Å²) in [6, 6.07) is 8.37. The van der Waals surface area contributed by atoms with Crippen LogP contribution in [0.15, 0.2) is 47.4 Å². The molecule has 0 spiro atoms. The van der Waals surface area contributed by atoms with Crippen LogP contribution in [-0.4, -0.2) is 31.8 Å². The van der Waals surface area contributed by atoms with Crippen LogP contribution in [-0.2, 0) is 12.7 Å². The molecule has 0 fully saturated rings. The van der Waals surface area contributed by atoms with Crippen LogP contribution in [0.5, 0.6) is 0 Å². The molecule has 9 heteroatoms. The molecular weight excluding hydrogens is 373 g/mol. The predicted octanol–water partition coefficient (Wildman–Crippen LogP) is 3.39. The van der Waals surface area contributed by atoms with Crippen LogP contribution in [0.25, 0.3) is 10.9 Å². The van der Waals surface area contributed by atoms with Crippen molar-refractivity contribution in [3.05, 3.63) is 70.0 Å². The van der Waals surface area contributed by atoms with E-state index in [0.29, 0.717) is 10.9 Å². The van der Waals surface area contributed by atoms with Crippen molar-refractivity contribution in [1.29, 1.82) is 0 Å². The summed E-state index contributed by atoms with van der Waals surface area (Å²) in [5, 5.41) is 0.431. The number of hydrogen-bond acceptors (Lipinski definition) is 4. The number of pyridine rings is 1. The van der Waals surface area contributed by atoms with Crippen molar-refractivity contribution in [3.63, 3.8) is 0 Å². The van der Waals surface area contributed by atoms with E-state index < -0.39 is 17.8 Å². The third-order valence-corrected chi connectivity index (χ3v) is 4.17. The second-order valence-corrected chi connectivity index (χ2v) is 6.49. The number of aromatic amines is 1. The predicted molar refractivity (Wildman–Crippen MR) is 96.6 cm³/mol. The van der Waals surface area contributed by atoms with Gasteiger partial charge in [-0.25, -0.2) is 4.98 Å². The third-order valence-electron chi connectivity index (χ3n) is 4.17. The Hall–Kier alpha value is -3.23. The van der Waals surface area contributed by atoms with Crippen molar-refractivity contribution in [2.45, 2.75) is 32.6 Å². The van der Waals surface area contributed by atoms with Crippen molar-refractivity contribution >= 4 is 16.8 Å². The van der Waals surface area contributed by atoms with Crippen molar-refractivity contribution in [2.75, 3.05) is 0 Å². The lowest BCUT2D eigenvalue weighted by atomic mass is 10.2. The van der Waals surface area contributed by atoms with Gasteiger partial charge in [-0.3, -0.25) is 14.6 Å². The fourth-order valence-corrected chi connectivity index (χ4v) is 2.71. The smallest absolute Gasteiger partial charge is 0.329 e. The molecule has 3 aromatic rings. The van der Waals surface area contributed by atoms with Crippen LogP contribution in [0.2, 0.25) is 0 Å². The third kappa shape index (κ3) is 4.03. The molecule has 0 atom stereocenters. The van der Waals surface area contributed by atoms with Gasteiger partial charge < -0.3 is 9.88 Å². The molecule has 2 aromatic heterocycles. The Labute approximate surface area is 158 Å². The van der Waals surface area contributed by atoms with Gasteiger partial charge in [-0.05, 0) is 38.1 Å². The van der Waals surface area contributed by atoms with E-state index in [2.05, 4.69) is 15.0 Å². The highest BCUT2D eigenvalue weighted by Gasteiger charge is 2.32. The Morgan fingerprint density at radius 3 is 2.50 bits per heavy atom. The van der Waals surface area contributed by atoms with Gasteiger partial charge in [0.15, 0.2) is 0 Å². The summed E-state index contributed by atoms with van der Waals surface area (Å²) in [6.07, 6.45) is -3.68. The number of nitrogens with zero attached hydrogens (tertiary/aromatic N) is 3. The molecule has 1 aromatic carbocycles. The number of aromatic nitrogens is 3. The number of amides is 1. The maximum atomic E-state index is 12.8. The lowest BCUT2D eigenvalue weighted by molar-refractivity contribution is -0.141. The quantitative estimate of drug-likeness (QED) is 0.741. The fraction of sp³-hybridized carbons (Fsp3) is 0.263.